The molecule has 8 heteroatoms. The van der Waals surface area contributed by atoms with E-state index in [-0.39, 0.29) is 11.3 Å². The van der Waals surface area contributed by atoms with Gasteiger partial charge in [0.2, 0.25) is 0 Å². The van der Waals surface area contributed by atoms with Crippen molar-refractivity contribution in [2.45, 2.75) is 29.6 Å². The maximum absolute atomic E-state index is 13.6. The van der Waals surface area contributed by atoms with Gasteiger partial charge in [0.05, 0.1) is 6.04 Å². The number of nitrogens with two attached hydrogens (primary N) is 1. The largest absolute Gasteiger partial charge is 0.398 e. The van der Waals surface area contributed by atoms with Gasteiger partial charge in [-0.25, -0.2) is 4.39 Å². The minimum absolute atomic E-state index is 0.0472. The Kier molecular flexibility index (Phi) is 4.38. The summed E-state index contributed by atoms with van der Waals surface area (Å²) in [7, 11) is 0. The Morgan fingerprint density at radius 3 is 2.67 bits per heavy atom. The predicted octanol–water partition coefficient (Wildman–Crippen LogP) is 2.70. The number of alkyl halides is 3. The van der Waals surface area contributed by atoms with Crippen LogP contribution in [0.3, 0.4) is 0 Å². The molecule has 0 aliphatic heterocycles. The zero-order chi connectivity index (χ0) is 15.9. The third-order valence-electron chi connectivity index (χ3n) is 3.49. The van der Waals surface area contributed by atoms with Gasteiger partial charge in [-0.1, -0.05) is 34.8 Å². The van der Waals surface area contributed by atoms with Gasteiger partial charge in [-0.2, -0.15) is 0 Å². The second-order valence-corrected chi connectivity index (χ2v) is 7.13. The number of anilines is 1. The highest BCUT2D eigenvalue weighted by Crippen LogP contribution is 2.32. The van der Waals surface area contributed by atoms with E-state index in [4.69, 9.17) is 40.5 Å². The van der Waals surface area contributed by atoms with Crippen LogP contribution in [0.1, 0.15) is 27.9 Å². The summed E-state index contributed by atoms with van der Waals surface area (Å²) < 4.78 is 11.5. The van der Waals surface area contributed by atoms with Crippen LogP contribution in [-0.4, -0.2) is 21.5 Å². The predicted molar refractivity (Wildman–Crippen MR) is 80.4 cm³/mol. The lowest BCUT2D eigenvalue weighted by molar-refractivity contribution is -0.120. The summed E-state index contributed by atoms with van der Waals surface area (Å²) in [6, 6.07) is 0.262. The van der Waals surface area contributed by atoms with Gasteiger partial charge in [-0.3, -0.25) is 9.59 Å². The van der Waals surface area contributed by atoms with Gasteiger partial charge in [-0.15, -0.1) is 0 Å². The van der Waals surface area contributed by atoms with E-state index in [1.807, 2.05) is 0 Å². The third kappa shape index (κ3) is 3.10. The summed E-state index contributed by atoms with van der Waals surface area (Å²) in [6.07, 6.45) is 0.696. The quantitative estimate of drug-likeness (QED) is 0.602. The average Bonchev–Trinajstić information content (AvgIpc) is 2.37. The first kappa shape index (κ1) is 16.3. The highest BCUT2D eigenvalue weighted by atomic mass is 35.6. The first-order chi connectivity index (χ1) is 9.62. The smallest absolute Gasteiger partial charge is 0.272 e. The van der Waals surface area contributed by atoms with Crippen LogP contribution in [0.25, 0.3) is 0 Å². The molecule has 21 heavy (non-hydrogen) atoms. The molecule has 1 aromatic rings. The number of carbonyl (C=O) groups excluding carboxylic acids is 2. The van der Waals surface area contributed by atoms with Crippen molar-refractivity contribution >= 4 is 52.2 Å². The minimum atomic E-state index is -2.15. The van der Waals surface area contributed by atoms with Crippen molar-refractivity contribution in [3.05, 3.63) is 28.6 Å². The molecule has 114 valence electrons. The van der Waals surface area contributed by atoms with Crippen LogP contribution in [-0.2, 0) is 11.2 Å². The molecule has 4 nitrogen and oxygen atoms in total. The number of fused-ring (bicyclic) bond motifs is 1. The van der Waals surface area contributed by atoms with Gasteiger partial charge in [0.25, 0.3) is 9.70 Å². The second kappa shape index (κ2) is 5.63. The van der Waals surface area contributed by atoms with Crippen molar-refractivity contribution < 1.29 is 14.0 Å². The van der Waals surface area contributed by atoms with Gasteiger partial charge >= 0.3 is 0 Å². The van der Waals surface area contributed by atoms with Crippen molar-refractivity contribution in [3.8, 4) is 0 Å². The van der Waals surface area contributed by atoms with Crippen molar-refractivity contribution in [1.29, 1.82) is 0 Å². The number of halogens is 4. The molecule has 2 rings (SSSR count). The van der Waals surface area contributed by atoms with Crippen LogP contribution >= 0.6 is 34.8 Å². The normalized spacial score (nSPS) is 18.3. The van der Waals surface area contributed by atoms with Crippen LogP contribution in [0.15, 0.2) is 6.07 Å². The molecule has 1 aliphatic rings. The maximum Gasteiger partial charge on any atom is 0.272 e. The van der Waals surface area contributed by atoms with Crippen molar-refractivity contribution in [2.75, 3.05) is 5.73 Å². The fraction of sp³-hybridized carbons (Fsp3) is 0.385. The number of nitrogen functional groups attached to an aromatic ring is 1. The average molecular weight is 354 g/mol. The molecule has 0 saturated heterocycles. The zero-order valence-corrected chi connectivity index (χ0v) is 13.2. The summed E-state index contributed by atoms with van der Waals surface area (Å²) in [5.74, 6) is -1.74. The lowest BCUT2D eigenvalue weighted by atomic mass is 9.83. The van der Waals surface area contributed by atoms with Crippen LogP contribution in [0.2, 0.25) is 0 Å². The zero-order valence-electron chi connectivity index (χ0n) is 11.0. The number of amides is 1. The lowest BCUT2D eigenvalue weighted by Gasteiger charge is -2.27. The lowest BCUT2D eigenvalue weighted by Crippen LogP contribution is -2.48. The van der Waals surface area contributed by atoms with Crippen LogP contribution in [0.4, 0.5) is 10.1 Å². The number of rotatable bonds is 1. The number of Topliss-reactive ketones (excluding diaryl/α,β-unsaturated/α-hetero) is 1. The van der Waals surface area contributed by atoms with Crippen molar-refractivity contribution in [3.63, 3.8) is 0 Å². The van der Waals surface area contributed by atoms with Crippen LogP contribution in [0.5, 0.6) is 0 Å². The van der Waals surface area contributed by atoms with E-state index in [0.717, 1.165) is 6.07 Å². The fourth-order valence-corrected chi connectivity index (χ4v) is 2.56. The number of ketones is 1. The molecule has 1 aliphatic carbocycles. The summed E-state index contributed by atoms with van der Waals surface area (Å²) in [6.45, 7) is 1.58. The Morgan fingerprint density at radius 2 is 2.10 bits per heavy atom. The van der Waals surface area contributed by atoms with Gasteiger partial charge in [-0.05, 0) is 37.0 Å². The van der Waals surface area contributed by atoms with E-state index in [2.05, 4.69) is 5.32 Å². The van der Waals surface area contributed by atoms with Gasteiger partial charge in [0.15, 0.2) is 5.78 Å². The molecular formula is C13H12Cl3FN2O2. The summed E-state index contributed by atoms with van der Waals surface area (Å²) >= 11 is 16.4. The van der Waals surface area contributed by atoms with Crippen LogP contribution < -0.4 is 11.1 Å². The number of nitrogens with one attached hydrogen (secondary N) is 1. The van der Waals surface area contributed by atoms with Gasteiger partial charge in [0.1, 0.15) is 5.82 Å². The highest BCUT2D eigenvalue weighted by Gasteiger charge is 2.37. The first-order valence-electron chi connectivity index (χ1n) is 6.12. The molecule has 1 amide bonds. The van der Waals surface area contributed by atoms with E-state index in [9.17, 15) is 14.0 Å². The SMILES string of the molecule is Cc1c(F)cc(N)c2c1CCC(NC(=O)C(Cl)(Cl)Cl)C2=O. The van der Waals surface area contributed by atoms with E-state index >= 15 is 0 Å². The Morgan fingerprint density at radius 1 is 1.48 bits per heavy atom. The summed E-state index contributed by atoms with van der Waals surface area (Å²) in [5, 5.41) is 2.38. The Bertz CT molecular complexity index is 629. The van der Waals surface area contributed by atoms with E-state index in [1.165, 1.54) is 0 Å². The molecule has 1 aromatic carbocycles. The van der Waals surface area contributed by atoms with E-state index in [1.54, 1.807) is 6.92 Å². The minimum Gasteiger partial charge on any atom is -0.398 e. The molecule has 0 bridgehead atoms. The Balaban J connectivity index is 2.34. The summed E-state index contributed by atoms with van der Waals surface area (Å²) in [4.78, 5) is 24.1. The molecule has 3 N–H and O–H groups in total. The molecule has 0 spiro atoms. The molecule has 1 unspecified atom stereocenters. The second-order valence-electron chi connectivity index (χ2n) is 4.85. The first-order valence-corrected chi connectivity index (χ1v) is 7.25. The highest BCUT2D eigenvalue weighted by molar-refractivity contribution is 6.76. The topological polar surface area (TPSA) is 72.2 Å². The number of benzene rings is 1. The number of hydrogen-bond donors (Lipinski definition) is 2. The fourth-order valence-electron chi connectivity index (χ4n) is 2.40. The number of carbonyl (C=O) groups is 2. The molecule has 0 radical (unpaired) electrons. The Labute approximate surface area is 135 Å². The maximum atomic E-state index is 13.6. The Hall–Kier alpha value is -1.04. The third-order valence-corrected chi connectivity index (χ3v) is 4.01. The van der Waals surface area contributed by atoms with E-state index in [0.29, 0.717) is 24.0 Å². The number of hydrogen-bond acceptors (Lipinski definition) is 3. The van der Waals surface area contributed by atoms with Gasteiger partial charge in [0, 0.05) is 11.3 Å². The molecule has 1 atom stereocenters. The van der Waals surface area contributed by atoms with Crippen molar-refractivity contribution in [1.82, 2.24) is 5.32 Å². The molecule has 0 saturated carbocycles. The monoisotopic (exact) mass is 352 g/mol. The van der Waals surface area contributed by atoms with Crippen LogP contribution in [0, 0.1) is 12.7 Å². The standard InChI is InChI=1S/C13H12Cl3FN2O2/c1-5-6-2-3-9(19-12(21)13(14,15)16)11(20)10(6)8(18)4-7(5)17/h4,9H,2-3,18H2,1H3,(H,19,21). The molecule has 0 fully saturated rings. The molecular weight excluding hydrogens is 342 g/mol. The summed E-state index contributed by atoms with van der Waals surface area (Å²) in [5.41, 5.74) is 6.96. The van der Waals surface area contributed by atoms with Crippen molar-refractivity contribution in [2.24, 2.45) is 0 Å². The molecule has 0 aromatic heterocycles. The van der Waals surface area contributed by atoms with Gasteiger partial charge < -0.3 is 11.1 Å². The van der Waals surface area contributed by atoms with E-state index < -0.39 is 27.3 Å². The molecule has 0 heterocycles.